The van der Waals surface area contributed by atoms with Gasteiger partial charge in [-0.2, -0.15) is 0 Å². The van der Waals surface area contributed by atoms with Crippen LogP contribution in [0.4, 0.5) is 11.4 Å². The second kappa shape index (κ2) is 7.80. The largest absolute Gasteiger partial charge is 0.462 e. The van der Waals surface area contributed by atoms with Crippen molar-refractivity contribution in [3.63, 3.8) is 0 Å². The molecule has 1 aliphatic heterocycles. The van der Waals surface area contributed by atoms with E-state index in [1.807, 2.05) is 19.1 Å². The minimum atomic E-state index is -3.64. The molecule has 8 heteroatoms. The highest BCUT2D eigenvalue weighted by Crippen LogP contribution is 2.33. The van der Waals surface area contributed by atoms with Crippen LogP contribution in [0.15, 0.2) is 58.0 Å². The molecule has 3 aromatic rings. The first-order chi connectivity index (χ1) is 12.5. The molecule has 0 spiro atoms. The maximum absolute atomic E-state index is 12.7. The summed E-state index contributed by atoms with van der Waals surface area (Å²) in [6, 6.07) is 12.3. The molecular formula is C19H22ClN3O3S. The lowest BCUT2D eigenvalue weighted by molar-refractivity contribution is 0.579. The van der Waals surface area contributed by atoms with Crippen LogP contribution in [0.25, 0.3) is 11.0 Å². The Morgan fingerprint density at radius 2 is 1.78 bits per heavy atom. The molecule has 6 nitrogen and oxygen atoms in total. The molecule has 0 saturated carbocycles. The molecule has 0 radical (unpaired) electrons. The van der Waals surface area contributed by atoms with Crippen LogP contribution in [0.5, 0.6) is 0 Å². The predicted molar refractivity (Wildman–Crippen MR) is 111 cm³/mol. The average molecular weight is 408 g/mol. The number of fused-ring (bicyclic) bond motifs is 1. The van der Waals surface area contributed by atoms with E-state index in [4.69, 9.17) is 4.42 Å². The van der Waals surface area contributed by atoms with E-state index >= 15 is 0 Å². The molecular weight excluding hydrogens is 386 g/mol. The molecule has 2 aromatic carbocycles. The molecule has 0 aliphatic carbocycles. The van der Waals surface area contributed by atoms with Gasteiger partial charge in [-0.05, 0) is 37.3 Å². The van der Waals surface area contributed by atoms with E-state index in [1.165, 1.54) is 0 Å². The van der Waals surface area contributed by atoms with Gasteiger partial charge in [0.15, 0.2) is 5.58 Å². The van der Waals surface area contributed by atoms with Crippen molar-refractivity contribution in [2.45, 2.75) is 11.8 Å². The Morgan fingerprint density at radius 3 is 2.48 bits per heavy atom. The van der Waals surface area contributed by atoms with Crippen molar-refractivity contribution in [1.29, 1.82) is 0 Å². The molecule has 27 heavy (non-hydrogen) atoms. The summed E-state index contributed by atoms with van der Waals surface area (Å²) < 4.78 is 33.8. The van der Waals surface area contributed by atoms with Crippen molar-refractivity contribution in [3.8, 4) is 0 Å². The lowest BCUT2D eigenvalue weighted by atomic mass is 10.2. The van der Waals surface area contributed by atoms with Crippen LogP contribution < -0.4 is 14.9 Å². The van der Waals surface area contributed by atoms with Gasteiger partial charge in [-0.3, -0.25) is 4.72 Å². The van der Waals surface area contributed by atoms with Crippen LogP contribution >= 0.6 is 12.4 Å². The maximum Gasteiger partial charge on any atom is 0.261 e. The van der Waals surface area contributed by atoms with E-state index in [2.05, 4.69) is 14.9 Å². The number of hydrogen-bond acceptors (Lipinski definition) is 5. The van der Waals surface area contributed by atoms with E-state index in [0.29, 0.717) is 5.69 Å². The summed E-state index contributed by atoms with van der Waals surface area (Å²) in [5.41, 5.74) is 3.25. The molecule has 2 N–H and O–H groups in total. The summed E-state index contributed by atoms with van der Waals surface area (Å²) in [5, 5.41) is 4.20. The summed E-state index contributed by atoms with van der Waals surface area (Å²) >= 11 is 0. The Labute approximate surface area is 165 Å². The van der Waals surface area contributed by atoms with Gasteiger partial charge in [0.05, 0.1) is 22.5 Å². The molecule has 1 fully saturated rings. The van der Waals surface area contributed by atoms with Gasteiger partial charge in [-0.25, -0.2) is 8.42 Å². The first-order valence-corrected chi connectivity index (χ1v) is 10.1. The highest BCUT2D eigenvalue weighted by Gasteiger charge is 2.19. The van der Waals surface area contributed by atoms with Crippen LogP contribution in [0.2, 0.25) is 0 Å². The number of furan rings is 1. The molecule has 0 unspecified atom stereocenters. The van der Waals surface area contributed by atoms with E-state index in [9.17, 15) is 8.42 Å². The second-order valence-corrected chi connectivity index (χ2v) is 8.17. The summed E-state index contributed by atoms with van der Waals surface area (Å²) in [5.74, 6) is 0. The van der Waals surface area contributed by atoms with Gasteiger partial charge >= 0.3 is 0 Å². The van der Waals surface area contributed by atoms with Crippen molar-refractivity contribution >= 4 is 44.8 Å². The summed E-state index contributed by atoms with van der Waals surface area (Å²) in [6.45, 7) is 5.41. The number of nitrogens with zero attached hydrogens (tertiary/aromatic N) is 1. The number of piperazine rings is 1. The summed E-state index contributed by atoms with van der Waals surface area (Å²) in [4.78, 5) is 2.46. The zero-order valence-corrected chi connectivity index (χ0v) is 16.6. The van der Waals surface area contributed by atoms with Crippen molar-refractivity contribution in [2.24, 2.45) is 0 Å². The van der Waals surface area contributed by atoms with Crippen LogP contribution in [0.1, 0.15) is 5.56 Å². The number of halogens is 1. The second-order valence-electron chi connectivity index (χ2n) is 6.49. The molecule has 0 atom stereocenters. The van der Waals surface area contributed by atoms with Crippen molar-refractivity contribution < 1.29 is 12.8 Å². The number of hydrogen-bond donors (Lipinski definition) is 2. The van der Waals surface area contributed by atoms with Crippen molar-refractivity contribution in [2.75, 3.05) is 35.8 Å². The molecule has 0 bridgehead atoms. The molecule has 2 heterocycles. The van der Waals surface area contributed by atoms with Gasteiger partial charge in [0.1, 0.15) is 0 Å². The van der Waals surface area contributed by atoms with E-state index in [1.54, 1.807) is 36.6 Å². The van der Waals surface area contributed by atoms with Crippen LogP contribution in [-0.2, 0) is 10.0 Å². The zero-order chi connectivity index (χ0) is 18.1. The van der Waals surface area contributed by atoms with Gasteiger partial charge in [-0.1, -0.05) is 17.7 Å². The van der Waals surface area contributed by atoms with Crippen molar-refractivity contribution in [1.82, 2.24) is 5.32 Å². The Kier molecular flexibility index (Phi) is 5.64. The minimum absolute atomic E-state index is 0. The molecule has 1 aromatic heterocycles. The van der Waals surface area contributed by atoms with Gasteiger partial charge in [-0.15, -0.1) is 12.4 Å². The number of benzene rings is 2. The highest BCUT2D eigenvalue weighted by molar-refractivity contribution is 7.92. The topological polar surface area (TPSA) is 74.6 Å². The Balaban J connectivity index is 0.00000210. The smallest absolute Gasteiger partial charge is 0.261 e. The third kappa shape index (κ3) is 4.05. The van der Waals surface area contributed by atoms with Gasteiger partial charge in [0.2, 0.25) is 0 Å². The number of aryl methyl sites for hydroxylation is 1. The Hall–Kier alpha value is -2.22. The molecule has 1 aliphatic rings. The minimum Gasteiger partial charge on any atom is -0.462 e. The third-order valence-corrected chi connectivity index (χ3v) is 5.97. The molecule has 4 rings (SSSR count). The standard InChI is InChI=1S/C19H21N3O3S.ClH/c1-14-2-4-17(5-3-14)26(23,24)21-16-12-15-6-11-25-19(15)18(13-16)22-9-7-20-8-10-22;/h2-6,11-13,20-21H,7-10H2,1H3;1H. The normalized spacial score (nSPS) is 14.8. The summed E-state index contributed by atoms with van der Waals surface area (Å²) in [7, 11) is -3.64. The Bertz CT molecular complexity index is 1030. The van der Waals surface area contributed by atoms with E-state index < -0.39 is 10.0 Å². The quantitative estimate of drug-likeness (QED) is 0.693. The fraction of sp³-hybridized carbons (Fsp3) is 0.263. The highest BCUT2D eigenvalue weighted by atomic mass is 35.5. The first-order valence-electron chi connectivity index (χ1n) is 8.59. The lowest BCUT2D eigenvalue weighted by Gasteiger charge is -2.29. The first kappa shape index (κ1) is 19.5. The predicted octanol–water partition coefficient (Wildman–Crippen LogP) is 3.37. The molecule has 1 saturated heterocycles. The number of nitrogens with one attached hydrogen (secondary N) is 2. The van der Waals surface area contributed by atoms with Crippen LogP contribution in [0.3, 0.4) is 0 Å². The van der Waals surface area contributed by atoms with E-state index in [0.717, 1.165) is 48.4 Å². The van der Waals surface area contributed by atoms with Gasteiger partial charge < -0.3 is 14.6 Å². The molecule has 144 valence electrons. The summed E-state index contributed by atoms with van der Waals surface area (Å²) in [6.07, 6.45) is 1.63. The monoisotopic (exact) mass is 407 g/mol. The van der Waals surface area contributed by atoms with Crippen molar-refractivity contribution in [3.05, 3.63) is 54.3 Å². The number of rotatable bonds is 4. The van der Waals surface area contributed by atoms with Crippen LogP contribution in [-0.4, -0.2) is 34.6 Å². The van der Waals surface area contributed by atoms with Gasteiger partial charge in [0, 0.05) is 31.6 Å². The zero-order valence-electron chi connectivity index (χ0n) is 14.9. The van der Waals surface area contributed by atoms with E-state index in [-0.39, 0.29) is 17.3 Å². The number of anilines is 2. The number of sulfonamides is 1. The Morgan fingerprint density at radius 1 is 1.07 bits per heavy atom. The van der Waals surface area contributed by atoms with Crippen LogP contribution in [0, 0.1) is 6.92 Å². The maximum atomic E-state index is 12.7. The lowest BCUT2D eigenvalue weighted by Crippen LogP contribution is -2.43. The third-order valence-electron chi connectivity index (χ3n) is 4.57. The molecule has 0 amide bonds. The fourth-order valence-corrected chi connectivity index (χ4v) is 4.23. The average Bonchev–Trinajstić information content (AvgIpc) is 3.10. The SMILES string of the molecule is Cc1ccc(S(=O)(=O)Nc2cc(N3CCNCC3)c3occc3c2)cc1.Cl. The fourth-order valence-electron chi connectivity index (χ4n) is 3.19. The van der Waals surface area contributed by atoms with Gasteiger partial charge in [0.25, 0.3) is 10.0 Å².